The van der Waals surface area contributed by atoms with Crippen LogP contribution in [0.4, 0.5) is 0 Å². The quantitative estimate of drug-likeness (QED) is 0.439. The van der Waals surface area contributed by atoms with Crippen molar-refractivity contribution in [1.82, 2.24) is 14.8 Å². The number of methoxy groups -OCH3 is 2. The van der Waals surface area contributed by atoms with Gasteiger partial charge in [-0.2, -0.15) is 5.10 Å². The van der Waals surface area contributed by atoms with Crippen molar-refractivity contribution in [3.8, 4) is 11.5 Å². The minimum absolute atomic E-state index is 0.0266. The molecule has 0 bridgehead atoms. The fourth-order valence-corrected chi connectivity index (χ4v) is 5.58. The first-order valence-electron chi connectivity index (χ1n) is 13.4. The van der Waals surface area contributed by atoms with E-state index in [1.165, 1.54) is 0 Å². The third kappa shape index (κ3) is 7.58. The van der Waals surface area contributed by atoms with Gasteiger partial charge in [0.05, 0.1) is 44.1 Å². The van der Waals surface area contributed by atoms with Gasteiger partial charge >= 0.3 is 0 Å². The first-order chi connectivity index (χ1) is 18.7. The Morgan fingerprint density at radius 3 is 2.56 bits per heavy atom. The highest BCUT2D eigenvalue weighted by Crippen LogP contribution is 2.40. The van der Waals surface area contributed by atoms with Gasteiger partial charge in [-0.1, -0.05) is 26.8 Å². The van der Waals surface area contributed by atoms with E-state index >= 15 is 0 Å². The molecule has 2 aromatic rings. The second kappa shape index (κ2) is 12.9. The topological polar surface area (TPSA) is 83.9 Å². The molecule has 3 heterocycles. The summed E-state index contributed by atoms with van der Waals surface area (Å²) in [6.07, 6.45) is 0.903. The Labute approximate surface area is 235 Å². The summed E-state index contributed by atoms with van der Waals surface area (Å²) in [5.41, 5.74) is 1.47. The molecule has 0 spiro atoms. The number of hydrogen-bond acceptors (Lipinski definition) is 8. The number of carbonyl (C=O) groups excluding carboxylic acids is 2. The molecule has 9 nitrogen and oxygen atoms in total. The summed E-state index contributed by atoms with van der Waals surface area (Å²) < 4.78 is 16.6. The van der Waals surface area contributed by atoms with Gasteiger partial charge in [-0.3, -0.25) is 14.5 Å². The molecule has 0 radical (unpaired) electrons. The summed E-state index contributed by atoms with van der Waals surface area (Å²) in [7, 11) is 3.23. The van der Waals surface area contributed by atoms with Crippen molar-refractivity contribution in [2.75, 3.05) is 60.2 Å². The van der Waals surface area contributed by atoms with Crippen LogP contribution in [0.3, 0.4) is 0 Å². The average Bonchev–Trinajstić information content (AvgIpc) is 3.60. The molecule has 1 fully saturated rings. The zero-order chi connectivity index (χ0) is 28.0. The molecular weight excluding hydrogens is 516 g/mol. The van der Waals surface area contributed by atoms with Gasteiger partial charge in [-0.15, -0.1) is 11.3 Å². The van der Waals surface area contributed by atoms with Crippen molar-refractivity contribution in [1.29, 1.82) is 0 Å². The van der Waals surface area contributed by atoms with Crippen molar-refractivity contribution in [2.45, 2.75) is 39.7 Å². The lowest BCUT2D eigenvalue weighted by molar-refractivity contribution is -0.142. The maximum Gasteiger partial charge on any atom is 0.262 e. The van der Waals surface area contributed by atoms with Crippen LogP contribution in [0.2, 0.25) is 0 Å². The van der Waals surface area contributed by atoms with Gasteiger partial charge in [-0.25, -0.2) is 5.01 Å². The third-order valence-electron chi connectivity index (χ3n) is 6.92. The number of amides is 2. The van der Waals surface area contributed by atoms with Crippen molar-refractivity contribution < 1.29 is 23.8 Å². The first-order valence-corrected chi connectivity index (χ1v) is 14.3. The van der Waals surface area contributed by atoms with Crippen LogP contribution in [0.15, 0.2) is 40.8 Å². The summed E-state index contributed by atoms with van der Waals surface area (Å²) in [5, 5.41) is 8.35. The van der Waals surface area contributed by atoms with Crippen LogP contribution in [0.25, 0.3) is 0 Å². The molecular formula is C29H40N4O5S. The third-order valence-corrected chi connectivity index (χ3v) is 7.84. The lowest BCUT2D eigenvalue weighted by Gasteiger charge is -2.32. The lowest BCUT2D eigenvalue weighted by Crippen LogP contribution is -2.47. The van der Waals surface area contributed by atoms with Gasteiger partial charge in [-0.05, 0) is 35.1 Å². The van der Waals surface area contributed by atoms with Gasteiger partial charge in [0.15, 0.2) is 0 Å². The number of rotatable bonds is 10. The van der Waals surface area contributed by atoms with Gasteiger partial charge in [0.2, 0.25) is 5.91 Å². The Morgan fingerprint density at radius 1 is 1.15 bits per heavy atom. The van der Waals surface area contributed by atoms with E-state index in [0.717, 1.165) is 29.2 Å². The first kappa shape index (κ1) is 29.0. The minimum atomic E-state index is -0.376. The number of hydrazone groups is 1. The highest BCUT2D eigenvalue weighted by molar-refractivity contribution is 7.12. The normalized spacial score (nSPS) is 18.1. The smallest absolute Gasteiger partial charge is 0.262 e. The summed E-state index contributed by atoms with van der Waals surface area (Å²) in [5.74, 6) is 1.09. The predicted molar refractivity (Wildman–Crippen MR) is 153 cm³/mol. The van der Waals surface area contributed by atoms with E-state index in [1.807, 2.05) is 56.5 Å². The predicted octanol–water partition coefficient (Wildman–Crippen LogP) is 4.04. The highest BCUT2D eigenvalue weighted by atomic mass is 32.1. The molecule has 1 aromatic heterocycles. The number of hydrogen-bond donors (Lipinski definition) is 0. The van der Waals surface area contributed by atoms with Gasteiger partial charge in [0, 0.05) is 44.6 Å². The second-order valence-corrected chi connectivity index (χ2v) is 12.0. The summed E-state index contributed by atoms with van der Waals surface area (Å²) in [6.45, 7) is 10.3. The van der Waals surface area contributed by atoms with Crippen LogP contribution in [0, 0.1) is 5.41 Å². The Bertz CT molecular complexity index is 1150. The molecule has 0 unspecified atom stereocenters. The molecule has 0 aliphatic carbocycles. The van der Waals surface area contributed by atoms with Gasteiger partial charge in [0.25, 0.3) is 5.91 Å². The molecule has 2 amide bonds. The second-order valence-electron chi connectivity index (χ2n) is 11.1. The maximum absolute atomic E-state index is 14.0. The van der Waals surface area contributed by atoms with E-state index in [9.17, 15) is 9.59 Å². The molecule has 1 atom stereocenters. The van der Waals surface area contributed by atoms with E-state index < -0.39 is 0 Å². The van der Waals surface area contributed by atoms with Crippen LogP contribution in [-0.2, 0) is 14.3 Å². The number of morpholine rings is 1. The molecule has 212 valence electrons. The number of carbonyl (C=O) groups is 2. The van der Waals surface area contributed by atoms with Gasteiger partial charge < -0.3 is 19.1 Å². The number of thiophene rings is 1. The van der Waals surface area contributed by atoms with E-state index in [0.29, 0.717) is 50.6 Å². The Hall–Kier alpha value is -2.95. The number of nitrogens with zero attached hydrogens (tertiary/aromatic N) is 4. The van der Waals surface area contributed by atoms with Crippen LogP contribution in [-0.4, -0.2) is 92.5 Å². The van der Waals surface area contributed by atoms with E-state index in [1.54, 1.807) is 35.5 Å². The van der Waals surface area contributed by atoms with Crippen molar-refractivity contribution in [3.05, 3.63) is 46.2 Å². The summed E-state index contributed by atoms with van der Waals surface area (Å²) in [4.78, 5) is 32.4. The lowest BCUT2D eigenvalue weighted by atomic mass is 9.91. The highest BCUT2D eigenvalue weighted by Gasteiger charge is 2.37. The molecule has 1 aromatic carbocycles. The van der Waals surface area contributed by atoms with Crippen LogP contribution >= 0.6 is 11.3 Å². The van der Waals surface area contributed by atoms with E-state index in [4.69, 9.17) is 19.3 Å². The minimum Gasteiger partial charge on any atom is -0.497 e. The van der Waals surface area contributed by atoms with E-state index in [-0.39, 0.29) is 29.8 Å². The Balaban J connectivity index is 1.60. The van der Waals surface area contributed by atoms with Crippen molar-refractivity contribution >= 4 is 28.9 Å². The Kier molecular flexibility index (Phi) is 9.63. The largest absolute Gasteiger partial charge is 0.497 e. The molecule has 0 N–H and O–H groups in total. The van der Waals surface area contributed by atoms with Crippen molar-refractivity contribution in [2.24, 2.45) is 10.5 Å². The molecule has 39 heavy (non-hydrogen) atoms. The standard InChI is InChI=1S/C29H40N4O5S/c1-29(2,3)19-27(34)32(11-10-31-12-14-38-15-13-31)20-28(35)33-24(18-23(30-33)26-7-6-16-39-26)22-17-21(36-4)8-9-25(22)37-5/h6-9,16-17,24H,10-15,18-20H2,1-5H3/t24-/m0/s1. The van der Waals surface area contributed by atoms with Crippen LogP contribution in [0.1, 0.15) is 50.1 Å². The number of ether oxygens (including phenoxy) is 3. The zero-order valence-corrected chi connectivity index (χ0v) is 24.5. The summed E-state index contributed by atoms with van der Waals surface area (Å²) >= 11 is 1.59. The molecule has 0 saturated carbocycles. The monoisotopic (exact) mass is 556 g/mol. The SMILES string of the molecule is COc1ccc(OC)c([C@@H]2CC(c3cccs3)=NN2C(=O)CN(CCN2CCOCC2)C(=O)CC(C)(C)C)c1. The van der Waals surface area contributed by atoms with E-state index in [2.05, 4.69) is 4.90 Å². The maximum atomic E-state index is 14.0. The van der Waals surface area contributed by atoms with Crippen LogP contribution < -0.4 is 9.47 Å². The van der Waals surface area contributed by atoms with Gasteiger partial charge in [0.1, 0.15) is 18.0 Å². The van der Waals surface area contributed by atoms with Crippen LogP contribution in [0.5, 0.6) is 11.5 Å². The fourth-order valence-electron chi connectivity index (χ4n) is 4.85. The number of benzene rings is 1. The Morgan fingerprint density at radius 2 is 1.92 bits per heavy atom. The average molecular weight is 557 g/mol. The van der Waals surface area contributed by atoms with Crippen molar-refractivity contribution in [3.63, 3.8) is 0 Å². The molecule has 2 aliphatic heterocycles. The molecule has 2 aliphatic rings. The fraction of sp³-hybridized carbons (Fsp3) is 0.552. The molecule has 1 saturated heterocycles. The molecule has 10 heteroatoms. The molecule has 4 rings (SSSR count). The summed E-state index contributed by atoms with van der Waals surface area (Å²) in [6, 6.07) is 9.20. The zero-order valence-electron chi connectivity index (χ0n) is 23.6.